The molecule has 0 aliphatic rings. The Morgan fingerprint density at radius 2 is 1.96 bits per heavy atom. The fraction of sp³-hybridized carbons (Fsp3) is 0.167. The summed E-state index contributed by atoms with van der Waals surface area (Å²) < 4.78 is 7.58. The molecule has 4 aromatic rings. The van der Waals surface area contributed by atoms with Crippen molar-refractivity contribution in [2.75, 3.05) is 5.32 Å². The average Bonchev–Trinajstić information content (AvgIpc) is 3.21. The maximum Gasteiger partial charge on any atom is 0.175 e. The van der Waals surface area contributed by atoms with Crippen LogP contribution in [0.2, 0.25) is 0 Å². The predicted octanol–water partition coefficient (Wildman–Crippen LogP) is 3.89. The van der Waals surface area contributed by atoms with E-state index in [-0.39, 0.29) is 6.04 Å². The largest absolute Gasteiger partial charge is 0.459 e. The van der Waals surface area contributed by atoms with Gasteiger partial charge in [0.15, 0.2) is 5.82 Å². The molecule has 0 unspecified atom stereocenters. The zero-order chi connectivity index (χ0) is 16.5. The van der Waals surface area contributed by atoms with Crippen molar-refractivity contribution in [2.45, 2.75) is 19.9 Å². The summed E-state index contributed by atoms with van der Waals surface area (Å²) in [5.41, 5.74) is 1.83. The molecule has 0 amide bonds. The van der Waals surface area contributed by atoms with Crippen LogP contribution in [0.25, 0.3) is 16.8 Å². The zero-order valence-electron chi connectivity index (χ0n) is 13.5. The SMILES string of the molecule is Cc1ccn(-c2ccc(N[C@H](C)c3cc4ccccc4o3)nn2)n1. The van der Waals surface area contributed by atoms with Gasteiger partial charge in [0.2, 0.25) is 0 Å². The Morgan fingerprint density at radius 3 is 2.67 bits per heavy atom. The Morgan fingerprint density at radius 1 is 1.08 bits per heavy atom. The minimum absolute atomic E-state index is 0.00972. The summed E-state index contributed by atoms with van der Waals surface area (Å²) >= 11 is 0. The highest BCUT2D eigenvalue weighted by Gasteiger charge is 2.12. The summed E-state index contributed by atoms with van der Waals surface area (Å²) in [5, 5.41) is 17.2. The second-order valence-electron chi connectivity index (χ2n) is 5.73. The molecule has 0 bridgehead atoms. The van der Waals surface area contributed by atoms with Gasteiger partial charge in [-0.15, -0.1) is 10.2 Å². The van der Waals surface area contributed by atoms with Crippen LogP contribution in [-0.2, 0) is 0 Å². The molecule has 1 N–H and O–H groups in total. The van der Waals surface area contributed by atoms with Crippen LogP contribution in [0.1, 0.15) is 24.4 Å². The van der Waals surface area contributed by atoms with Crippen LogP contribution < -0.4 is 5.32 Å². The summed E-state index contributed by atoms with van der Waals surface area (Å²) in [4.78, 5) is 0. The van der Waals surface area contributed by atoms with Crippen LogP contribution in [0, 0.1) is 6.92 Å². The molecular formula is C18H17N5O. The molecule has 6 heteroatoms. The monoisotopic (exact) mass is 319 g/mol. The number of furan rings is 1. The number of aryl methyl sites for hydroxylation is 1. The fourth-order valence-corrected chi connectivity index (χ4v) is 2.58. The minimum atomic E-state index is -0.00972. The Bertz CT molecular complexity index is 937. The van der Waals surface area contributed by atoms with Gasteiger partial charge >= 0.3 is 0 Å². The van der Waals surface area contributed by atoms with Gasteiger partial charge in [-0.1, -0.05) is 18.2 Å². The quantitative estimate of drug-likeness (QED) is 0.618. The van der Waals surface area contributed by atoms with Crippen LogP contribution in [0.5, 0.6) is 0 Å². The second kappa shape index (κ2) is 5.81. The van der Waals surface area contributed by atoms with Gasteiger partial charge < -0.3 is 9.73 Å². The lowest BCUT2D eigenvalue weighted by Crippen LogP contribution is -2.09. The van der Waals surface area contributed by atoms with Gasteiger partial charge in [-0.3, -0.25) is 0 Å². The van der Waals surface area contributed by atoms with Crippen LogP contribution in [0.4, 0.5) is 5.82 Å². The average molecular weight is 319 g/mol. The van der Waals surface area contributed by atoms with Gasteiger partial charge in [-0.05, 0) is 44.2 Å². The highest BCUT2D eigenvalue weighted by molar-refractivity contribution is 5.77. The lowest BCUT2D eigenvalue weighted by atomic mass is 10.2. The third kappa shape index (κ3) is 2.74. The summed E-state index contributed by atoms with van der Waals surface area (Å²) in [6.07, 6.45) is 1.86. The highest BCUT2D eigenvalue weighted by Crippen LogP contribution is 2.25. The van der Waals surface area contributed by atoms with E-state index in [1.54, 1.807) is 4.68 Å². The number of hydrogen-bond donors (Lipinski definition) is 1. The lowest BCUT2D eigenvalue weighted by Gasteiger charge is -2.11. The lowest BCUT2D eigenvalue weighted by molar-refractivity contribution is 0.525. The van der Waals surface area contributed by atoms with E-state index < -0.39 is 0 Å². The molecule has 120 valence electrons. The van der Waals surface area contributed by atoms with Crippen molar-refractivity contribution >= 4 is 16.8 Å². The standard InChI is InChI=1S/C18H17N5O/c1-12-9-10-23(22-12)18-8-7-17(20-21-18)19-13(2)16-11-14-5-3-4-6-15(14)24-16/h3-11,13H,1-2H3,(H,19,20)/t13-/m1/s1. The van der Waals surface area contributed by atoms with Crippen molar-refractivity contribution in [2.24, 2.45) is 0 Å². The Balaban J connectivity index is 1.52. The number of benzene rings is 1. The van der Waals surface area contributed by atoms with Gasteiger partial charge in [0.05, 0.1) is 11.7 Å². The molecular weight excluding hydrogens is 302 g/mol. The molecule has 1 atom stereocenters. The number of nitrogens with zero attached hydrogens (tertiary/aromatic N) is 4. The Kier molecular flexibility index (Phi) is 3.49. The summed E-state index contributed by atoms with van der Waals surface area (Å²) in [7, 11) is 0. The fourth-order valence-electron chi connectivity index (χ4n) is 2.58. The van der Waals surface area contributed by atoms with E-state index in [0.29, 0.717) is 11.6 Å². The van der Waals surface area contributed by atoms with Crippen LogP contribution in [-0.4, -0.2) is 20.0 Å². The van der Waals surface area contributed by atoms with Gasteiger partial charge in [0.1, 0.15) is 17.2 Å². The minimum Gasteiger partial charge on any atom is -0.459 e. The molecule has 0 radical (unpaired) electrons. The predicted molar refractivity (Wildman–Crippen MR) is 92.1 cm³/mol. The van der Waals surface area contributed by atoms with E-state index in [9.17, 15) is 0 Å². The van der Waals surface area contributed by atoms with E-state index in [1.165, 1.54) is 0 Å². The molecule has 0 aliphatic heterocycles. The number of rotatable bonds is 4. The molecule has 3 aromatic heterocycles. The normalized spacial score (nSPS) is 12.4. The first-order valence-electron chi connectivity index (χ1n) is 7.80. The topological polar surface area (TPSA) is 68.8 Å². The van der Waals surface area contributed by atoms with Gasteiger partial charge in [-0.25, -0.2) is 4.68 Å². The maximum absolute atomic E-state index is 5.87. The van der Waals surface area contributed by atoms with Gasteiger partial charge in [0.25, 0.3) is 0 Å². The van der Waals surface area contributed by atoms with Crippen LogP contribution in [0.15, 0.2) is 59.1 Å². The highest BCUT2D eigenvalue weighted by atomic mass is 16.3. The van der Waals surface area contributed by atoms with E-state index in [2.05, 4.69) is 20.6 Å². The number of para-hydroxylation sites is 1. The van der Waals surface area contributed by atoms with E-state index in [1.807, 2.05) is 68.6 Å². The molecule has 0 fully saturated rings. The number of fused-ring (bicyclic) bond motifs is 1. The molecule has 4 rings (SSSR count). The third-order valence-corrected chi connectivity index (χ3v) is 3.84. The number of nitrogens with one attached hydrogen (secondary N) is 1. The Labute approximate surface area is 139 Å². The second-order valence-corrected chi connectivity index (χ2v) is 5.73. The number of anilines is 1. The van der Waals surface area contributed by atoms with Crippen molar-refractivity contribution in [3.8, 4) is 5.82 Å². The first kappa shape index (κ1) is 14.4. The smallest absolute Gasteiger partial charge is 0.175 e. The molecule has 0 saturated carbocycles. The summed E-state index contributed by atoms with van der Waals surface area (Å²) in [6, 6.07) is 15.7. The summed E-state index contributed by atoms with van der Waals surface area (Å²) in [5.74, 6) is 2.24. The first-order chi connectivity index (χ1) is 11.7. The molecule has 1 aromatic carbocycles. The molecule has 6 nitrogen and oxygen atoms in total. The number of aromatic nitrogens is 4. The van der Waals surface area contributed by atoms with Crippen molar-refractivity contribution in [1.29, 1.82) is 0 Å². The first-order valence-corrected chi connectivity index (χ1v) is 7.80. The summed E-state index contributed by atoms with van der Waals surface area (Å²) in [6.45, 7) is 3.97. The van der Waals surface area contributed by atoms with E-state index >= 15 is 0 Å². The van der Waals surface area contributed by atoms with Crippen molar-refractivity contribution in [1.82, 2.24) is 20.0 Å². The zero-order valence-corrected chi connectivity index (χ0v) is 13.5. The molecule has 0 aliphatic carbocycles. The molecule has 24 heavy (non-hydrogen) atoms. The third-order valence-electron chi connectivity index (χ3n) is 3.84. The molecule has 3 heterocycles. The number of hydrogen-bond acceptors (Lipinski definition) is 5. The van der Waals surface area contributed by atoms with Crippen molar-refractivity contribution in [3.63, 3.8) is 0 Å². The van der Waals surface area contributed by atoms with Gasteiger partial charge in [-0.2, -0.15) is 5.10 Å². The van der Waals surface area contributed by atoms with Gasteiger partial charge in [0, 0.05) is 11.6 Å². The van der Waals surface area contributed by atoms with Crippen molar-refractivity contribution < 1.29 is 4.42 Å². The van der Waals surface area contributed by atoms with Crippen molar-refractivity contribution in [3.05, 3.63) is 66.2 Å². The van der Waals surface area contributed by atoms with Crippen LogP contribution in [0.3, 0.4) is 0 Å². The molecule has 0 spiro atoms. The van der Waals surface area contributed by atoms with E-state index in [0.717, 1.165) is 22.4 Å². The maximum atomic E-state index is 5.87. The van der Waals surface area contributed by atoms with Crippen LogP contribution >= 0.6 is 0 Å². The van der Waals surface area contributed by atoms with E-state index in [4.69, 9.17) is 4.42 Å². The molecule has 0 saturated heterocycles. The Hall–Kier alpha value is -3.15.